The van der Waals surface area contributed by atoms with Crippen molar-refractivity contribution in [2.75, 3.05) is 11.9 Å². The third-order valence-electron chi connectivity index (χ3n) is 4.68. The average molecular weight is 391 g/mol. The van der Waals surface area contributed by atoms with E-state index in [0.29, 0.717) is 5.75 Å². The summed E-state index contributed by atoms with van der Waals surface area (Å²) in [5.74, 6) is -0.402. The van der Waals surface area contributed by atoms with E-state index >= 15 is 0 Å². The zero-order chi connectivity index (χ0) is 21.0. The lowest BCUT2D eigenvalue weighted by molar-refractivity contribution is -0.155. The van der Waals surface area contributed by atoms with Gasteiger partial charge in [0, 0.05) is 5.69 Å². The van der Waals surface area contributed by atoms with Gasteiger partial charge in [0.05, 0.1) is 0 Å². The monoisotopic (exact) mass is 391 g/mol. The second kappa shape index (κ2) is 8.78. The number of fused-ring (bicyclic) bond motifs is 1. The molecular formula is C24H25NO4. The van der Waals surface area contributed by atoms with Crippen LogP contribution in [-0.4, -0.2) is 24.6 Å². The van der Waals surface area contributed by atoms with E-state index in [1.165, 1.54) is 0 Å². The number of ether oxygens (including phenoxy) is 2. The van der Waals surface area contributed by atoms with Crippen molar-refractivity contribution in [2.45, 2.75) is 33.8 Å². The molecule has 0 radical (unpaired) electrons. The first-order valence-corrected chi connectivity index (χ1v) is 9.53. The van der Waals surface area contributed by atoms with E-state index < -0.39 is 12.1 Å². The van der Waals surface area contributed by atoms with Crippen LogP contribution in [0.3, 0.4) is 0 Å². The lowest BCUT2D eigenvalue weighted by Crippen LogP contribution is -2.32. The first kappa shape index (κ1) is 20.4. The molecule has 0 aliphatic heterocycles. The molecule has 0 fully saturated rings. The fourth-order valence-corrected chi connectivity index (χ4v) is 3.29. The van der Waals surface area contributed by atoms with Gasteiger partial charge in [-0.2, -0.15) is 0 Å². The zero-order valence-corrected chi connectivity index (χ0v) is 17.1. The van der Waals surface area contributed by atoms with Crippen LogP contribution in [0.4, 0.5) is 5.69 Å². The summed E-state index contributed by atoms with van der Waals surface area (Å²) >= 11 is 0. The van der Waals surface area contributed by atoms with Gasteiger partial charge < -0.3 is 14.8 Å². The molecule has 0 bridgehead atoms. The van der Waals surface area contributed by atoms with Crippen molar-refractivity contribution in [3.05, 3.63) is 71.3 Å². The standard InChI is InChI=1S/C24H25NO4/c1-15-11-16(2)23(17(3)12-15)25-24(27)18(4)29-22(26)14-28-21-10-9-19-7-5-6-8-20(19)13-21/h5-13,18H,14H2,1-4H3,(H,25,27)/t18-/m1/s1. The van der Waals surface area contributed by atoms with Crippen LogP contribution in [0.5, 0.6) is 5.75 Å². The molecule has 0 saturated carbocycles. The van der Waals surface area contributed by atoms with E-state index in [4.69, 9.17) is 9.47 Å². The number of benzene rings is 3. The van der Waals surface area contributed by atoms with E-state index in [2.05, 4.69) is 5.32 Å². The Hall–Kier alpha value is -3.34. The molecule has 1 N–H and O–H groups in total. The summed E-state index contributed by atoms with van der Waals surface area (Å²) in [4.78, 5) is 24.5. The Bertz CT molecular complexity index is 1030. The molecule has 3 rings (SSSR count). The SMILES string of the molecule is Cc1cc(C)c(NC(=O)[C@@H](C)OC(=O)COc2ccc3ccccc3c2)c(C)c1. The Morgan fingerprint density at radius 1 is 0.931 bits per heavy atom. The molecule has 1 amide bonds. The summed E-state index contributed by atoms with van der Waals surface area (Å²) in [6, 6.07) is 17.5. The fourth-order valence-electron chi connectivity index (χ4n) is 3.29. The molecule has 29 heavy (non-hydrogen) atoms. The second-order valence-electron chi connectivity index (χ2n) is 7.19. The van der Waals surface area contributed by atoms with Crippen molar-refractivity contribution in [1.29, 1.82) is 0 Å². The number of nitrogens with one attached hydrogen (secondary N) is 1. The Morgan fingerprint density at radius 2 is 1.59 bits per heavy atom. The van der Waals surface area contributed by atoms with Gasteiger partial charge in [0.2, 0.25) is 0 Å². The maximum absolute atomic E-state index is 12.4. The molecular weight excluding hydrogens is 366 g/mol. The highest BCUT2D eigenvalue weighted by Crippen LogP contribution is 2.23. The molecule has 0 aromatic heterocycles. The van der Waals surface area contributed by atoms with E-state index in [1.54, 1.807) is 13.0 Å². The molecule has 1 atom stereocenters. The van der Waals surface area contributed by atoms with Gasteiger partial charge in [-0.1, -0.05) is 48.0 Å². The molecule has 0 spiro atoms. The molecule has 0 saturated heterocycles. The number of carbonyl (C=O) groups excluding carboxylic acids is 2. The molecule has 150 valence electrons. The van der Waals surface area contributed by atoms with Crippen LogP contribution < -0.4 is 10.1 Å². The summed E-state index contributed by atoms with van der Waals surface area (Å²) in [7, 11) is 0. The quantitative estimate of drug-likeness (QED) is 0.618. The third kappa shape index (κ3) is 5.13. The predicted octanol–water partition coefficient (Wildman–Crippen LogP) is 4.71. The number of hydrogen-bond donors (Lipinski definition) is 1. The van der Waals surface area contributed by atoms with E-state index in [-0.39, 0.29) is 12.5 Å². The minimum absolute atomic E-state index is 0.265. The smallest absolute Gasteiger partial charge is 0.344 e. The zero-order valence-electron chi connectivity index (χ0n) is 17.1. The first-order chi connectivity index (χ1) is 13.8. The summed E-state index contributed by atoms with van der Waals surface area (Å²) in [5, 5.41) is 4.96. The molecule has 5 heteroatoms. The van der Waals surface area contributed by atoms with Crippen LogP contribution in [0.1, 0.15) is 23.6 Å². The average Bonchev–Trinajstić information content (AvgIpc) is 2.68. The van der Waals surface area contributed by atoms with Crippen LogP contribution in [0.2, 0.25) is 0 Å². The van der Waals surface area contributed by atoms with Crippen LogP contribution >= 0.6 is 0 Å². The second-order valence-corrected chi connectivity index (χ2v) is 7.19. The molecule has 0 heterocycles. The van der Waals surface area contributed by atoms with Gasteiger partial charge in [-0.3, -0.25) is 4.79 Å². The van der Waals surface area contributed by atoms with Gasteiger partial charge in [-0.25, -0.2) is 4.79 Å². The minimum atomic E-state index is -0.928. The largest absolute Gasteiger partial charge is 0.482 e. The van der Waals surface area contributed by atoms with Crippen LogP contribution in [0.15, 0.2) is 54.6 Å². The normalized spacial score (nSPS) is 11.7. The van der Waals surface area contributed by atoms with Gasteiger partial charge in [-0.15, -0.1) is 0 Å². The maximum atomic E-state index is 12.4. The summed E-state index contributed by atoms with van der Waals surface area (Å²) in [6.07, 6.45) is -0.928. The van der Waals surface area contributed by atoms with Crippen molar-refractivity contribution in [2.24, 2.45) is 0 Å². The Balaban J connectivity index is 1.55. The number of aryl methyl sites for hydroxylation is 3. The lowest BCUT2D eigenvalue weighted by atomic mass is 10.0. The van der Waals surface area contributed by atoms with Crippen molar-refractivity contribution in [1.82, 2.24) is 0 Å². The lowest BCUT2D eigenvalue weighted by Gasteiger charge is -2.17. The number of hydrogen-bond acceptors (Lipinski definition) is 4. The van der Waals surface area contributed by atoms with Gasteiger partial charge in [0.25, 0.3) is 5.91 Å². The molecule has 0 unspecified atom stereocenters. The fraction of sp³-hybridized carbons (Fsp3) is 0.250. The number of amides is 1. The van der Waals surface area contributed by atoms with Crippen molar-refractivity contribution >= 4 is 28.3 Å². The number of carbonyl (C=O) groups is 2. The number of esters is 1. The highest BCUT2D eigenvalue weighted by Gasteiger charge is 2.19. The first-order valence-electron chi connectivity index (χ1n) is 9.53. The van der Waals surface area contributed by atoms with Crippen LogP contribution in [0, 0.1) is 20.8 Å². The summed E-state index contributed by atoms with van der Waals surface area (Å²) < 4.78 is 10.7. The third-order valence-corrected chi connectivity index (χ3v) is 4.68. The highest BCUT2D eigenvalue weighted by molar-refractivity contribution is 5.96. The molecule has 0 aliphatic rings. The minimum Gasteiger partial charge on any atom is -0.482 e. The van der Waals surface area contributed by atoms with E-state index in [9.17, 15) is 9.59 Å². The van der Waals surface area contributed by atoms with Gasteiger partial charge in [0.15, 0.2) is 12.7 Å². The van der Waals surface area contributed by atoms with Crippen molar-refractivity contribution < 1.29 is 19.1 Å². The van der Waals surface area contributed by atoms with Crippen LogP contribution in [0.25, 0.3) is 10.8 Å². The summed E-state index contributed by atoms with van der Waals surface area (Å²) in [6.45, 7) is 7.15. The Kier molecular flexibility index (Phi) is 6.17. The molecule has 3 aromatic rings. The van der Waals surface area contributed by atoms with Crippen molar-refractivity contribution in [3.8, 4) is 5.75 Å². The Morgan fingerprint density at radius 3 is 2.28 bits per heavy atom. The maximum Gasteiger partial charge on any atom is 0.344 e. The topological polar surface area (TPSA) is 64.6 Å². The highest BCUT2D eigenvalue weighted by atomic mass is 16.6. The van der Waals surface area contributed by atoms with Gasteiger partial charge >= 0.3 is 5.97 Å². The number of rotatable bonds is 6. The van der Waals surface area contributed by atoms with Crippen molar-refractivity contribution in [3.63, 3.8) is 0 Å². The van der Waals surface area contributed by atoms with E-state index in [0.717, 1.165) is 33.2 Å². The molecule has 3 aromatic carbocycles. The number of anilines is 1. The molecule has 5 nitrogen and oxygen atoms in total. The van der Waals surface area contributed by atoms with Gasteiger partial charge in [-0.05, 0) is 61.7 Å². The van der Waals surface area contributed by atoms with Crippen LogP contribution in [-0.2, 0) is 14.3 Å². The Labute approximate surface area is 170 Å². The van der Waals surface area contributed by atoms with E-state index in [1.807, 2.05) is 69.3 Å². The molecule has 0 aliphatic carbocycles. The van der Waals surface area contributed by atoms with Gasteiger partial charge in [0.1, 0.15) is 5.75 Å². The summed E-state index contributed by atoms with van der Waals surface area (Å²) in [5.41, 5.74) is 3.81. The predicted molar refractivity (Wildman–Crippen MR) is 114 cm³/mol.